The second-order valence-corrected chi connectivity index (χ2v) is 8.68. The first-order valence-electron chi connectivity index (χ1n) is 8.11. The monoisotopic (exact) mass is 338 g/mol. The third-order valence-electron chi connectivity index (χ3n) is 4.39. The maximum atomic E-state index is 12.0. The Bertz CT molecular complexity index is 668. The predicted octanol–water partition coefficient (Wildman–Crippen LogP) is 2.02. The molecule has 0 saturated heterocycles. The van der Waals surface area contributed by atoms with Crippen LogP contribution in [0.15, 0.2) is 18.2 Å². The topological polar surface area (TPSA) is 66.5 Å². The van der Waals surface area contributed by atoms with Gasteiger partial charge >= 0.3 is 0 Å². The molecule has 0 radical (unpaired) electrons. The number of carbonyl (C=O) groups excluding carboxylic acids is 1. The van der Waals surface area contributed by atoms with Gasteiger partial charge in [-0.3, -0.25) is 4.79 Å². The molecule has 128 valence electrons. The molecule has 23 heavy (non-hydrogen) atoms. The molecule has 1 aliphatic rings. The summed E-state index contributed by atoms with van der Waals surface area (Å²) in [6, 6.07) is 6.28. The van der Waals surface area contributed by atoms with Crippen LogP contribution in [-0.4, -0.2) is 38.5 Å². The molecular formula is C17H26N2O3S. The minimum atomic E-state index is -3.33. The molecule has 0 unspecified atom stereocenters. The Balaban J connectivity index is 1.93. The van der Waals surface area contributed by atoms with Crippen LogP contribution in [0.4, 0.5) is 0 Å². The fourth-order valence-electron chi connectivity index (χ4n) is 2.82. The van der Waals surface area contributed by atoms with Crippen LogP contribution in [0.2, 0.25) is 0 Å². The van der Waals surface area contributed by atoms with E-state index >= 15 is 0 Å². The van der Waals surface area contributed by atoms with Crippen LogP contribution >= 0.6 is 0 Å². The predicted molar refractivity (Wildman–Crippen MR) is 91.7 cm³/mol. The largest absolute Gasteiger partial charge is 0.350 e. The van der Waals surface area contributed by atoms with Crippen molar-refractivity contribution in [2.24, 2.45) is 0 Å². The van der Waals surface area contributed by atoms with Gasteiger partial charge in [0.05, 0.1) is 11.8 Å². The van der Waals surface area contributed by atoms with E-state index in [-0.39, 0.29) is 24.1 Å². The fourth-order valence-corrected chi connectivity index (χ4v) is 3.63. The number of nitrogens with zero attached hydrogens (tertiary/aromatic N) is 1. The fraction of sp³-hybridized carbons (Fsp3) is 0.588. The number of amides is 1. The summed E-state index contributed by atoms with van der Waals surface area (Å²) in [6.07, 6.45) is 4.69. The summed E-state index contributed by atoms with van der Waals surface area (Å²) in [4.78, 5) is 12.0. The summed E-state index contributed by atoms with van der Waals surface area (Å²) in [5, 5.41) is 2.89. The zero-order valence-electron chi connectivity index (χ0n) is 14.1. The molecule has 0 bridgehead atoms. The average molecular weight is 338 g/mol. The molecule has 0 fully saturated rings. The van der Waals surface area contributed by atoms with Gasteiger partial charge in [-0.1, -0.05) is 18.2 Å². The second kappa shape index (κ2) is 7.45. The van der Waals surface area contributed by atoms with Crippen molar-refractivity contribution in [1.82, 2.24) is 9.62 Å². The Morgan fingerprint density at radius 3 is 2.52 bits per heavy atom. The molecule has 0 saturated carbocycles. The zero-order valence-corrected chi connectivity index (χ0v) is 14.9. The number of rotatable bonds is 6. The Hall–Kier alpha value is -1.40. The number of hydrogen-bond donors (Lipinski definition) is 1. The van der Waals surface area contributed by atoms with E-state index in [2.05, 4.69) is 23.5 Å². The zero-order chi connectivity index (χ0) is 17.0. The third-order valence-corrected chi connectivity index (χ3v) is 6.23. The van der Waals surface area contributed by atoms with E-state index < -0.39 is 10.0 Å². The lowest BCUT2D eigenvalue weighted by Crippen LogP contribution is -2.31. The summed E-state index contributed by atoms with van der Waals surface area (Å²) < 4.78 is 24.5. The molecule has 5 nitrogen and oxygen atoms in total. The first kappa shape index (κ1) is 17.9. The smallest absolute Gasteiger partial charge is 0.221 e. The van der Waals surface area contributed by atoms with Gasteiger partial charge in [-0.05, 0) is 49.3 Å². The highest BCUT2D eigenvalue weighted by Crippen LogP contribution is 2.24. The molecule has 0 spiro atoms. The van der Waals surface area contributed by atoms with Crippen LogP contribution in [0.25, 0.3) is 0 Å². The minimum absolute atomic E-state index is 0.0181. The normalized spacial score (nSPS) is 16.0. The standard InChI is InChI=1S/C17H26N2O3S/c1-13(18-17(20)10-11-23(21,22)19(2)3)15-9-8-14-6-4-5-7-16(14)12-15/h8-9,12-13H,4-7,10-11H2,1-3H3,(H,18,20)/t13-/m1/s1. The molecule has 6 heteroatoms. The van der Waals surface area contributed by atoms with Crippen molar-refractivity contribution in [3.05, 3.63) is 34.9 Å². The van der Waals surface area contributed by atoms with E-state index in [1.165, 1.54) is 38.1 Å². The highest BCUT2D eigenvalue weighted by molar-refractivity contribution is 7.89. The molecule has 1 atom stereocenters. The SMILES string of the molecule is C[C@@H](NC(=O)CCS(=O)(=O)N(C)C)c1ccc2c(c1)CCCC2. The van der Waals surface area contributed by atoms with Crippen LogP contribution in [0.1, 0.15) is 48.9 Å². The van der Waals surface area contributed by atoms with Gasteiger partial charge in [-0.2, -0.15) is 0 Å². The molecule has 1 aliphatic carbocycles. The molecule has 1 amide bonds. The number of aryl methyl sites for hydroxylation is 2. The summed E-state index contributed by atoms with van der Waals surface area (Å²) in [7, 11) is -0.383. The number of nitrogens with one attached hydrogen (secondary N) is 1. The van der Waals surface area contributed by atoms with Gasteiger partial charge < -0.3 is 5.32 Å². The molecular weight excluding hydrogens is 312 g/mol. The average Bonchev–Trinajstić information content (AvgIpc) is 2.52. The van der Waals surface area contributed by atoms with Crippen molar-refractivity contribution in [2.45, 2.75) is 45.1 Å². The Labute approximate surface area is 139 Å². The molecule has 1 aromatic carbocycles. The van der Waals surface area contributed by atoms with Crippen LogP contribution in [0.3, 0.4) is 0 Å². The van der Waals surface area contributed by atoms with Crippen molar-refractivity contribution in [3.63, 3.8) is 0 Å². The lowest BCUT2D eigenvalue weighted by Gasteiger charge is -2.20. The lowest BCUT2D eigenvalue weighted by molar-refractivity contribution is -0.121. The molecule has 0 aromatic heterocycles. The van der Waals surface area contributed by atoms with E-state index in [0.29, 0.717) is 0 Å². The highest BCUT2D eigenvalue weighted by Gasteiger charge is 2.18. The number of benzene rings is 1. The van der Waals surface area contributed by atoms with Gasteiger partial charge in [0.25, 0.3) is 0 Å². The summed E-state index contributed by atoms with van der Waals surface area (Å²) in [5.74, 6) is -0.399. The minimum Gasteiger partial charge on any atom is -0.350 e. The van der Waals surface area contributed by atoms with Crippen LogP contribution < -0.4 is 5.32 Å². The van der Waals surface area contributed by atoms with Gasteiger partial charge in [0, 0.05) is 20.5 Å². The molecule has 1 aromatic rings. The van der Waals surface area contributed by atoms with Gasteiger partial charge in [-0.15, -0.1) is 0 Å². The van der Waals surface area contributed by atoms with Gasteiger partial charge in [0.1, 0.15) is 0 Å². The Morgan fingerprint density at radius 2 is 1.87 bits per heavy atom. The summed E-state index contributed by atoms with van der Waals surface area (Å²) in [6.45, 7) is 1.93. The van der Waals surface area contributed by atoms with E-state index in [4.69, 9.17) is 0 Å². The molecule has 0 heterocycles. The van der Waals surface area contributed by atoms with Gasteiger partial charge in [-0.25, -0.2) is 12.7 Å². The van der Waals surface area contributed by atoms with Crippen LogP contribution in [-0.2, 0) is 27.7 Å². The van der Waals surface area contributed by atoms with Crippen molar-refractivity contribution in [1.29, 1.82) is 0 Å². The highest BCUT2D eigenvalue weighted by atomic mass is 32.2. The van der Waals surface area contributed by atoms with E-state index in [1.54, 1.807) is 0 Å². The Morgan fingerprint density at radius 1 is 1.22 bits per heavy atom. The summed E-state index contributed by atoms with van der Waals surface area (Å²) in [5.41, 5.74) is 3.87. The quantitative estimate of drug-likeness (QED) is 0.863. The Kier molecular flexibility index (Phi) is 5.81. The van der Waals surface area contributed by atoms with E-state index in [1.807, 2.05) is 6.92 Å². The number of fused-ring (bicyclic) bond motifs is 1. The lowest BCUT2D eigenvalue weighted by atomic mass is 9.89. The maximum absolute atomic E-state index is 12.0. The molecule has 1 N–H and O–H groups in total. The van der Waals surface area contributed by atoms with Crippen molar-refractivity contribution >= 4 is 15.9 Å². The number of hydrogen-bond acceptors (Lipinski definition) is 3. The summed E-state index contributed by atoms with van der Waals surface area (Å²) >= 11 is 0. The first-order chi connectivity index (χ1) is 10.8. The van der Waals surface area contributed by atoms with Crippen molar-refractivity contribution in [3.8, 4) is 0 Å². The van der Waals surface area contributed by atoms with Gasteiger partial charge in [0.15, 0.2) is 0 Å². The van der Waals surface area contributed by atoms with Crippen LogP contribution in [0.5, 0.6) is 0 Å². The first-order valence-corrected chi connectivity index (χ1v) is 9.72. The van der Waals surface area contributed by atoms with E-state index in [0.717, 1.165) is 22.7 Å². The van der Waals surface area contributed by atoms with E-state index in [9.17, 15) is 13.2 Å². The van der Waals surface area contributed by atoms with Crippen molar-refractivity contribution in [2.75, 3.05) is 19.8 Å². The maximum Gasteiger partial charge on any atom is 0.221 e. The van der Waals surface area contributed by atoms with Crippen molar-refractivity contribution < 1.29 is 13.2 Å². The van der Waals surface area contributed by atoms with Crippen LogP contribution in [0, 0.1) is 0 Å². The molecule has 0 aliphatic heterocycles. The van der Waals surface area contributed by atoms with Gasteiger partial charge in [0.2, 0.25) is 15.9 Å². The molecule has 2 rings (SSSR count). The second-order valence-electron chi connectivity index (χ2n) is 6.37. The number of carbonyl (C=O) groups is 1. The third kappa shape index (κ3) is 4.78. The number of sulfonamides is 1.